The normalized spacial score (nSPS) is 16.7. The molecule has 98 valence electrons. The predicted molar refractivity (Wildman–Crippen MR) is 69.6 cm³/mol. The van der Waals surface area contributed by atoms with E-state index in [2.05, 4.69) is 15.3 Å². The van der Waals surface area contributed by atoms with Gasteiger partial charge in [-0.15, -0.1) is 0 Å². The van der Waals surface area contributed by atoms with Crippen LogP contribution in [0.15, 0.2) is 18.2 Å². The first-order valence-corrected chi connectivity index (χ1v) is 6.09. The van der Waals surface area contributed by atoms with Crippen molar-refractivity contribution in [2.75, 3.05) is 31.6 Å². The molecule has 0 unspecified atom stereocenters. The topological polar surface area (TPSA) is 74.5 Å². The first-order chi connectivity index (χ1) is 8.69. The molecule has 2 heterocycles. The van der Waals surface area contributed by atoms with Gasteiger partial charge in [-0.1, -0.05) is 6.07 Å². The van der Waals surface area contributed by atoms with E-state index in [1.807, 2.05) is 23.1 Å². The molecule has 0 radical (unpaired) electrons. The Balaban J connectivity index is 1.89. The predicted octanol–water partition coefficient (Wildman–Crippen LogP) is 0.0313. The molecule has 1 aliphatic rings. The minimum Gasteiger partial charge on any atom is -0.340 e. The Hall–Kier alpha value is -1.66. The van der Waals surface area contributed by atoms with Crippen LogP contribution in [-0.2, 0) is 11.3 Å². The van der Waals surface area contributed by atoms with Crippen LogP contribution < -0.4 is 11.3 Å². The van der Waals surface area contributed by atoms with Gasteiger partial charge in [0.25, 0.3) is 0 Å². The number of nitrogens with two attached hydrogens (primary N) is 1. The van der Waals surface area contributed by atoms with E-state index in [1.165, 1.54) is 0 Å². The molecule has 3 N–H and O–H groups in total. The number of rotatable bonds is 3. The fraction of sp³-hybridized carbons (Fsp3) is 0.500. The van der Waals surface area contributed by atoms with Crippen LogP contribution in [0.25, 0.3) is 0 Å². The Morgan fingerprint density at radius 2 is 2.11 bits per heavy atom. The van der Waals surface area contributed by atoms with Crippen LogP contribution in [0.4, 0.5) is 5.82 Å². The number of aromatic nitrogens is 1. The van der Waals surface area contributed by atoms with E-state index >= 15 is 0 Å². The van der Waals surface area contributed by atoms with E-state index in [9.17, 15) is 4.79 Å². The SMILES string of the molecule is CC(=O)N1CCN(Cc2cccc(NN)n2)CC1. The Bertz CT molecular complexity index is 415. The highest BCUT2D eigenvalue weighted by atomic mass is 16.2. The number of nitrogens with one attached hydrogen (secondary N) is 1. The summed E-state index contributed by atoms with van der Waals surface area (Å²) in [6.07, 6.45) is 0. The first kappa shape index (κ1) is 12.8. The number of hydrogen-bond acceptors (Lipinski definition) is 5. The lowest BCUT2D eigenvalue weighted by molar-refractivity contribution is -0.130. The molecule has 1 aromatic heterocycles. The molecule has 2 rings (SSSR count). The Kier molecular flexibility index (Phi) is 4.11. The van der Waals surface area contributed by atoms with Crippen molar-refractivity contribution in [1.82, 2.24) is 14.8 Å². The lowest BCUT2D eigenvalue weighted by Gasteiger charge is -2.33. The van der Waals surface area contributed by atoms with E-state index in [1.54, 1.807) is 6.92 Å². The van der Waals surface area contributed by atoms with Crippen LogP contribution in [0.3, 0.4) is 0 Å². The zero-order valence-corrected chi connectivity index (χ0v) is 10.6. The van der Waals surface area contributed by atoms with Crippen LogP contribution in [0.5, 0.6) is 0 Å². The van der Waals surface area contributed by atoms with Gasteiger partial charge >= 0.3 is 0 Å². The highest BCUT2D eigenvalue weighted by Gasteiger charge is 2.18. The second-order valence-corrected chi connectivity index (χ2v) is 4.44. The van der Waals surface area contributed by atoms with Crippen LogP contribution >= 0.6 is 0 Å². The molecule has 1 saturated heterocycles. The fourth-order valence-corrected chi connectivity index (χ4v) is 2.10. The monoisotopic (exact) mass is 249 g/mol. The van der Waals surface area contributed by atoms with Crippen molar-refractivity contribution in [1.29, 1.82) is 0 Å². The fourth-order valence-electron chi connectivity index (χ4n) is 2.10. The standard InChI is InChI=1S/C12H19N5O/c1-10(18)17-7-5-16(6-8-17)9-11-3-2-4-12(14-11)15-13/h2-4H,5-9,13H2,1H3,(H,14,15). The van der Waals surface area contributed by atoms with Gasteiger partial charge in [0.15, 0.2) is 0 Å². The summed E-state index contributed by atoms with van der Waals surface area (Å²) in [6, 6.07) is 5.75. The van der Waals surface area contributed by atoms with Crippen molar-refractivity contribution in [2.24, 2.45) is 5.84 Å². The summed E-state index contributed by atoms with van der Waals surface area (Å²) in [5.41, 5.74) is 3.53. The summed E-state index contributed by atoms with van der Waals surface area (Å²) in [5.74, 6) is 6.16. The van der Waals surface area contributed by atoms with E-state index < -0.39 is 0 Å². The minimum absolute atomic E-state index is 0.155. The number of carbonyl (C=O) groups is 1. The van der Waals surface area contributed by atoms with Crippen LogP contribution in [0, 0.1) is 0 Å². The minimum atomic E-state index is 0.155. The molecule has 0 spiro atoms. The molecule has 6 nitrogen and oxygen atoms in total. The number of nitrogen functional groups attached to an aromatic ring is 1. The number of amides is 1. The third kappa shape index (κ3) is 3.18. The van der Waals surface area contributed by atoms with Crippen molar-refractivity contribution in [3.63, 3.8) is 0 Å². The largest absolute Gasteiger partial charge is 0.340 e. The zero-order valence-electron chi connectivity index (χ0n) is 10.6. The molecule has 0 aliphatic carbocycles. The van der Waals surface area contributed by atoms with Gasteiger partial charge in [-0.2, -0.15) is 0 Å². The number of carbonyl (C=O) groups excluding carboxylic acids is 1. The maximum absolute atomic E-state index is 11.2. The molecular weight excluding hydrogens is 230 g/mol. The van der Waals surface area contributed by atoms with Crippen LogP contribution in [-0.4, -0.2) is 46.9 Å². The first-order valence-electron chi connectivity index (χ1n) is 6.09. The smallest absolute Gasteiger partial charge is 0.219 e. The maximum atomic E-state index is 11.2. The summed E-state index contributed by atoms with van der Waals surface area (Å²) < 4.78 is 0. The summed E-state index contributed by atoms with van der Waals surface area (Å²) in [7, 11) is 0. The van der Waals surface area contributed by atoms with Gasteiger partial charge in [-0.25, -0.2) is 10.8 Å². The van der Waals surface area contributed by atoms with E-state index in [0.717, 1.165) is 38.4 Å². The maximum Gasteiger partial charge on any atom is 0.219 e. The number of anilines is 1. The van der Waals surface area contributed by atoms with Crippen molar-refractivity contribution >= 4 is 11.7 Å². The van der Waals surface area contributed by atoms with Crippen molar-refractivity contribution < 1.29 is 4.79 Å². The molecule has 0 atom stereocenters. The molecule has 1 amide bonds. The molecule has 6 heteroatoms. The van der Waals surface area contributed by atoms with E-state index in [0.29, 0.717) is 5.82 Å². The van der Waals surface area contributed by atoms with E-state index in [4.69, 9.17) is 5.84 Å². The molecular formula is C12H19N5O. The number of hydrazine groups is 1. The van der Waals surface area contributed by atoms with Gasteiger partial charge in [-0.3, -0.25) is 9.69 Å². The third-order valence-electron chi connectivity index (χ3n) is 3.16. The highest BCUT2D eigenvalue weighted by molar-refractivity contribution is 5.73. The molecule has 18 heavy (non-hydrogen) atoms. The van der Waals surface area contributed by atoms with Gasteiger partial charge in [0.1, 0.15) is 5.82 Å². The van der Waals surface area contributed by atoms with Crippen LogP contribution in [0.2, 0.25) is 0 Å². The lowest BCUT2D eigenvalue weighted by Crippen LogP contribution is -2.47. The van der Waals surface area contributed by atoms with Crippen LogP contribution in [0.1, 0.15) is 12.6 Å². The second-order valence-electron chi connectivity index (χ2n) is 4.44. The van der Waals surface area contributed by atoms with E-state index in [-0.39, 0.29) is 5.91 Å². The average Bonchev–Trinajstić information content (AvgIpc) is 2.39. The van der Waals surface area contributed by atoms with Gasteiger partial charge in [-0.05, 0) is 12.1 Å². The highest BCUT2D eigenvalue weighted by Crippen LogP contribution is 2.09. The molecule has 0 aromatic carbocycles. The van der Waals surface area contributed by atoms with Gasteiger partial charge in [0.2, 0.25) is 5.91 Å². The average molecular weight is 249 g/mol. The number of piperazine rings is 1. The molecule has 0 saturated carbocycles. The number of nitrogens with zero attached hydrogens (tertiary/aromatic N) is 3. The zero-order chi connectivity index (χ0) is 13.0. The quantitative estimate of drug-likeness (QED) is 0.584. The summed E-state index contributed by atoms with van der Waals surface area (Å²) in [5, 5.41) is 0. The molecule has 1 aromatic rings. The van der Waals surface area contributed by atoms with Gasteiger partial charge < -0.3 is 10.3 Å². The molecule has 1 fully saturated rings. The molecule has 0 bridgehead atoms. The number of hydrogen-bond donors (Lipinski definition) is 2. The van der Waals surface area contributed by atoms with Crippen molar-refractivity contribution in [3.8, 4) is 0 Å². The van der Waals surface area contributed by atoms with Crippen molar-refractivity contribution in [3.05, 3.63) is 23.9 Å². The Morgan fingerprint density at radius 3 is 2.72 bits per heavy atom. The third-order valence-corrected chi connectivity index (χ3v) is 3.16. The van der Waals surface area contributed by atoms with Crippen molar-refractivity contribution in [2.45, 2.75) is 13.5 Å². The summed E-state index contributed by atoms with van der Waals surface area (Å²) in [6.45, 7) is 5.78. The van der Waals surface area contributed by atoms with Gasteiger partial charge in [0.05, 0.1) is 5.69 Å². The Morgan fingerprint density at radius 1 is 1.39 bits per heavy atom. The summed E-state index contributed by atoms with van der Waals surface area (Å²) in [4.78, 5) is 19.8. The van der Waals surface area contributed by atoms with Gasteiger partial charge in [0, 0.05) is 39.6 Å². The summed E-state index contributed by atoms with van der Waals surface area (Å²) >= 11 is 0. The molecule has 1 aliphatic heterocycles. The number of pyridine rings is 1. The lowest BCUT2D eigenvalue weighted by atomic mass is 10.2. The second kappa shape index (κ2) is 5.79. The Labute approximate surface area is 107 Å².